The van der Waals surface area contributed by atoms with E-state index in [1.807, 2.05) is 0 Å². The quantitative estimate of drug-likeness (QED) is 0.797. The number of nitrogens with one attached hydrogen (secondary N) is 1. The topological polar surface area (TPSA) is 65.5 Å². The second-order valence-corrected chi connectivity index (χ2v) is 4.24. The highest BCUT2D eigenvalue weighted by Crippen LogP contribution is 2.15. The van der Waals surface area contributed by atoms with Gasteiger partial charge in [-0.3, -0.25) is 4.79 Å². The van der Waals surface area contributed by atoms with Crippen LogP contribution in [0.15, 0.2) is 12.1 Å². The normalized spacial score (nSPS) is 12.1. The Kier molecular flexibility index (Phi) is 4.72. The van der Waals surface area contributed by atoms with Gasteiger partial charge in [0.2, 0.25) is 0 Å². The zero-order chi connectivity index (χ0) is 13.0. The summed E-state index contributed by atoms with van der Waals surface area (Å²) in [6.45, 7) is 1.90. The minimum absolute atomic E-state index is 0.202. The number of hydrogen-bond donors (Lipinski definition) is 2. The van der Waals surface area contributed by atoms with Gasteiger partial charge in [-0.1, -0.05) is 11.6 Å². The lowest BCUT2D eigenvalue weighted by Crippen LogP contribution is -2.33. The van der Waals surface area contributed by atoms with Crippen LogP contribution in [0.1, 0.15) is 17.3 Å². The summed E-state index contributed by atoms with van der Waals surface area (Å²) in [5.41, 5.74) is 0.442. The van der Waals surface area contributed by atoms with Gasteiger partial charge in [0.05, 0.1) is 6.10 Å². The number of aliphatic hydroxyl groups excluding tert-OH is 1. The van der Waals surface area contributed by atoms with Gasteiger partial charge in [0.1, 0.15) is 11.0 Å². The smallest absolute Gasteiger partial charge is 0.253 e. The number of aromatic nitrogens is 1. The van der Waals surface area contributed by atoms with Crippen LogP contribution in [0.2, 0.25) is 5.15 Å². The Labute approximate surface area is 105 Å². The summed E-state index contributed by atoms with van der Waals surface area (Å²) in [7, 11) is 3.33. The zero-order valence-corrected chi connectivity index (χ0v) is 10.8. The number of hydrogen-bond acceptors (Lipinski definition) is 4. The van der Waals surface area contributed by atoms with Crippen molar-refractivity contribution in [1.29, 1.82) is 0 Å². The Hall–Kier alpha value is -1.33. The molecule has 0 aliphatic carbocycles. The third kappa shape index (κ3) is 3.87. The van der Waals surface area contributed by atoms with Crippen LogP contribution in [-0.2, 0) is 0 Å². The summed E-state index contributed by atoms with van der Waals surface area (Å²) in [5.74, 6) is 0.331. The van der Waals surface area contributed by atoms with E-state index in [4.69, 9.17) is 11.6 Å². The number of likely N-dealkylation sites (N-methyl/N-ethyl adjacent to an activating group) is 1. The van der Waals surface area contributed by atoms with Crippen molar-refractivity contribution in [2.24, 2.45) is 0 Å². The second-order valence-electron chi connectivity index (χ2n) is 3.85. The first-order valence-electron chi connectivity index (χ1n) is 5.23. The molecule has 1 unspecified atom stereocenters. The summed E-state index contributed by atoms with van der Waals surface area (Å²) < 4.78 is 0. The van der Waals surface area contributed by atoms with Crippen molar-refractivity contribution >= 4 is 23.3 Å². The third-order valence-corrected chi connectivity index (χ3v) is 2.38. The average Bonchev–Trinajstić information content (AvgIpc) is 2.26. The minimum Gasteiger partial charge on any atom is -0.392 e. The Morgan fingerprint density at radius 2 is 2.29 bits per heavy atom. The van der Waals surface area contributed by atoms with Gasteiger partial charge in [-0.2, -0.15) is 0 Å². The van der Waals surface area contributed by atoms with E-state index >= 15 is 0 Å². The third-order valence-electron chi connectivity index (χ3n) is 2.18. The van der Waals surface area contributed by atoms with Crippen LogP contribution >= 0.6 is 11.6 Å². The highest BCUT2D eigenvalue weighted by atomic mass is 35.5. The Bertz CT molecular complexity index is 410. The lowest BCUT2D eigenvalue weighted by Gasteiger charge is -2.19. The number of nitrogens with zero attached hydrogens (tertiary/aromatic N) is 2. The molecule has 0 spiro atoms. The molecule has 1 rings (SSSR count). The van der Waals surface area contributed by atoms with Crippen LogP contribution in [0, 0.1) is 0 Å². The second kappa shape index (κ2) is 5.84. The first-order chi connectivity index (χ1) is 7.93. The number of pyridine rings is 1. The van der Waals surface area contributed by atoms with E-state index in [1.54, 1.807) is 27.1 Å². The van der Waals surface area contributed by atoms with Gasteiger partial charge >= 0.3 is 0 Å². The summed E-state index contributed by atoms with van der Waals surface area (Å²) in [6.07, 6.45) is -0.565. The molecular weight excluding hydrogens is 242 g/mol. The minimum atomic E-state index is -0.565. The van der Waals surface area contributed by atoms with Crippen LogP contribution in [0.4, 0.5) is 5.82 Å². The average molecular weight is 258 g/mol. The van der Waals surface area contributed by atoms with E-state index in [-0.39, 0.29) is 17.6 Å². The summed E-state index contributed by atoms with van der Waals surface area (Å²) in [5, 5.41) is 12.3. The van der Waals surface area contributed by atoms with Crippen molar-refractivity contribution < 1.29 is 9.90 Å². The molecule has 0 aromatic carbocycles. The maximum absolute atomic E-state index is 12.0. The SMILES string of the molecule is CNc1cc(C(=O)N(C)CC(C)O)cc(Cl)n1. The maximum atomic E-state index is 12.0. The molecule has 0 saturated carbocycles. The van der Waals surface area contributed by atoms with Crippen LogP contribution in [0.5, 0.6) is 0 Å². The molecule has 1 aromatic rings. The number of amides is 1. The number of rotatable bonds is 4. The molecule has 1 atom stereocenters. The predicted molar refractivity (Wildman–Crippen MR) is 67.4 cm³/mol. The fourth-order valence-electron chi connectivity index (χ4n) is 1.45. The van der Waals surface area contributed by atoms with Crippen LogP contribution < -0.4 is 5.32 Å². The van der Waals surface area contributed by atoms with Crippen molar-refractivity contribution in [3.8, 4) is 0 Å². The van der Waals surface area contributed by atoms with Crippen LogP contribution in [-0.4, -0.2) is 47.6 Å². The molecular formula is C11H16ClN3O2. The fourth-order valence-corrected chi connectivity index (χ4v) is 1.66. The van der Waals surface area contributed by atoms with Crippen molar-refractivity contribution in [2.75, 3.05) is 26.0 Å². The maximum Gasteiger partial charge on any atom is 0.253 e. The van der Waals surface area contributed by atoms with Gasteiger partial charge < -0.3 is 15.3 Å². The van der Waals surface area contributed by atoms with Gasteiger partial charge in [0, 0.05) is 26.2 Å². The van der Waals surface area contributed by atoms with Crippen molar-refractivity contribution in [3.05, 3.63) is 22.8 Å². The molecule has 17 heavy (non-hydrogen) atoms. The van der Waals surface area contributed by atoms with Gasteiger partial charge in [-0.25, -0.2) is 4.98 Å². The first-order valence-corrected chi connectivity index (χ1v) is 5.60. The van der Waals surface area contributed by atoms with Gasteiger partial charge in [0.15, 0.2) is 0 Å². The Balaban J connectivity index is 2.91. The lowest BCUT2D eigenvalue weighted by atomic mass is 10.2. The Morgan fingerprint density at radius 3 is 2.82 bits per heavy atom. The molecule has 1 aromatic heterocycles. The van der Waals surface area contributed by atoms with Crippen molar-refractivity contribution in [1.82, 2.24) is 9.88 Å². The van der Waals surface area contributed by atoms with E-state index in [1.165, 1.54) is 11.0 Å². The van der Waals surface area contributed by atoms with Gasteiger partial charge in [-0.05, 0) is 19.1 Å². The molecule has 94 valence electrons. The van der Waals surface area contributed by atoms with Crippen molar-refractivity contribution in [2.45, 2.75) is 13.0 Å². The molecule has 0 bridgehead atoms. The number of carbonyl (C=O) groups is 1. The number of aliphatic hydroxyl groups is 1. The zero-order valence-electron chi connectivity index (χ0n) is 10.1. The fraction of sp³-hybridized carbons (Fsp3) is 0.455. The first kappa shape index (κ1) is 13.7. The van der Waals surface area contributed by atoms with E-state index < -0.39 is 6.10 Å². The summed E-state index contributed by atoms with van der Waals surface area (Å²) >= 11 is 5.81. The molecule has 2 N–H and O–H groups in total. The highest BCUT2D eigenvalue weighted by Gasteiger charge is 2.15. The molecule has 0 radical (unpaired) electrons. The van der Waals surface area contributed by atoms with E-state index in [0.29, 0.717) is 11.4 Å². The molecule has 0 aliphatic heterocycles. The van der Waals surface area contributed by atoms with E-state index in [2.05, 4.69) is 10.3 Å². The molecule has 5 nitrogen and oxygen atoms in total. The van der Waals surface area contributed by atoms with Gasteiger partial charge in [0.25, 0.3) is 5.91 Å². The number of carbonyl (C=O) groups excluding carboxylic acids is 1. The standard InChI is InChI=1S/C11H16ClN3O2/c1-7(16)6-15(3)11(17)8-4-9(12)14-10(5-8)13-2/h4-5,7,16H,6H2,1-3H3,(H,13,14). The molecule has 0 aliphatic rings. The van der Waals surface area contributed by atoms with Gasteiger partial charge in [-0.15, -0.1) is 0 Å². The molecule has 1 heterocycles. The molecule has 0 fully saturated rings. The number of anilines is 1. The summed E-state index contributed by atoms with van der Waals surface area (Å²) in [4.78, 5) is 17.4. The molecule has 0 saturated heterocycles. The number of halogens is 1. The van der Waals surface area contributed by atoms with E-state index in [0.717, 1.165) is 0 Å². The monoisotopic (exact) mass is 257 g/mol. The molecule has 1 amide bonds. The van der Waals surface area contributed by atoms with E-state index in [9.17, 15) is 9.90 Å². The summed E-state index contributed by atoms with van der Waals surface area (Å²) in [6, 6.07) is 3.12. The largest absolute Gasteiger partial charge is 0.392 e. The Morgan fingerprint density at radius 1 is 1.65 bits per heavy atom. The molecule has 6 heteroatoms. The predicted octanol–water partition coefficient (Wildman–Crippen LogP) is 1.23. The van der Waals surface area contributed by atoms with Crippen LogP contribution in [0.25, 0.3) is 0 Å². The lowest BCUT2D eigenvalue weighted by molar-refractivity contribution is 0.0703. The van der Waals surface area contributed by atoms with Crippen molar-refractivity contribution in [3.63, 3.8) is 0 Å². The highest BCUT2D eigenvalue weighted by molar-refractivity contribution is 6.29. The van der Waals surface area contributed by atoms with Crippen LogP contribution in [0.3, 0.4) is 0 Å².